The molecule has 0 amide bonds. The van der Waals surface area contributed by atoms with E-state index in [-0.39, 0.29) is 24.6 Å². The number of ether oxygens (including phenoxy) is 2. The van der Waals surface area contributed by atoms with Crippen LogP contribution >= 0.6 is 11.6 Å². The van der Waals surface area contributed by atoms with Crippen LogP contribution in [0.2, 0.25) is 5.02 Å². The van der Waals surface area contributed by atoms with E-state index in [2.05, 4.69) is 4.72 Å². The molecule has 0 aliphatic rings. The predicted molar refractivity (Wildman–Crippen MR) is 82.0 cm³/mol. The molecule has 1 rings (SSSR count). The number of benzene rings is 1. The molecular weight excluding hydrogens is 316 g/mol. The SMILES string of the molecule is COCCOCCNS(=O)(=O)c1cc(Cl)cc(CN)c1C. The second-order valence-corrected chi connectivity index (χ2v) is 6.57. The van der Waals surface area contributed by atoms with Crippen LogP contribution in [0.3, 0.4) is 0 Å². The van der Waals surface area contributed by atoms with Crippen molar-refractivity contribution < 1.29 is 17.9 Å². The molecule has 120 valence electrons. The summed E-state index contributed by atoms with van der Waals surface area (Å²) in [6.45, 7) is 3.28. The Hall–Kier alpha value is -0.700. The van der Waals surface area contributed by atoms with Gasteiger partial charge in [0, 0.05) is 25.2 Å². The van der Waals surface area contributed by atoms with Crippen molar-refractivity contribution in [1.29, 1.82) is 0 Å². The Balaban J connectivity index is 2.72. The van der Waals surface area contributed by atoms with Crippen LogP contribution in [0.4, 0.5) is 0 Å². The van der Waals surface area contributed by atoms with Crippen LogP contribution in [0.15, 0.2) is 17.0 Å². The lowest BCUT2D eigenvalue weighted by atomic mass is 10.1. The van der Waals surface area contributed by atoms with Gasteiger partial charge in [0.05, 0.1) is 24.7 Å². The molecule has 21 heavy (non-hydrogen) atoms. The molecule has 0 atom stereocenters. The van der Waals surface area contributed by atoms with Crippen molar-refractivity contribution in [2.45, 2.75) is 18.4 Å². The lowest BCUT2D eigenvalue weighted by molar-refractivity contribution is 0.0736. The Morgan fingerprint density at radius 3 is 2.62 bits per heavy atom. The third kappa shape index (κ3) is 5.54. The Kier molecular flexibility index (Phi) is 7.58. The number of hydrogen-bond donors (Lipinski definition) is 2. The highest BCUT2D eigenvalue weighted by atomic mass is 35.5. The minimum Gasteiger partial charge on any atom is -0.382 e. The van der Waals surface area contributed by atoms with Gasteiger partial charge in [0.1, 0.15) is 0 Å². The molecule has 6 nitrogen and oxygen atoms in total. The molecule has 0 aromatic heterocycles. The van der Waals surface area contributed by atoms with E-state index < -0.39 is 10.0 Å². The average Bonchev–Trinajstić information content (AvgIpc) is 2.44. The molecule has 0 radical (unpaired) electrons. The maximum absolute atomic E-state index is 12.3. The van der Waals surface area contributed by atoms with Gasteiger partial charge in [-0.25, -0.2) is 13.1 Å². The van der Waals surface area contributed by atoms with Crippen molar-refractivity contribution in [2.75, 3.05) is 33.5 Å². The van der Waals surface area contributed by atoms with Crippen molar-refractivity contribution in [1.82, 2.24) is 4.72 Å². The van der Waals surface area contributed by atoms with Crippen LogP contribution < -0.4 is 10.5 Å². The van der Waals surface area contributed by atoms with Gasteiger partial charge in [0.15, 0.2) is 0 Å². The Labute approximate surface area is 130 Å². The molecule has 0 unspecified atom stereocenters. The van der Waals surface area contributed by atoms with Gasteiger partial charge in [-0.05, 0) is 30.2 Å². The molecule has 1 aromatic rings. The Morgan fingerprint density at radius 1 is 1.29 bits per heavy atom. The van der Waals surface area contributed by atoms with Crippen LogP contribution in [-0.2, 0) is 26.0 Å². The van der Waals surface area contributed by atoms with E-state index in [1.54, 1.807) is 20.1 Å². The van der Waals surface area contributed by atoms with Gasteiger partial charge in [-0.2, -0.15) is 0 Å². The van der Waals surface area contributed by atoms with E-state index in [1.165, 1.54) is 6.07 Å². The van der Waals surface area contributed by atoms with Crippen LogP contribution in [0.1, 0.15) is 11.1 Å². The van der Waals surface area contributed by atoms with E-state index in [0.29, 0.717) is 29.4 Å². The summed E-state index contributed by atoms with van der Waals surface area (Å²) >= 11 is 5.94. The highest BCUT2D eigenvalue weighted by molar-refractivity contribution is 7.89. The summed E-state index contributed by atoms with van der Waals surface area (Å²) in [6, 6.07) is 3.09. The first-order chi connectivity index (χ1) is 9.92. The number of methoxy groups -OCH3 is 1. The zero-order valence-electron chi connectivity index (χ0n) is 12.2. The predicted octanol–water partition coefficient (Wildman–Crippen LogP) is 1.05. The third-order valence-electron chi connectivity index (χ3n) is 2.91. The maximum Gasteiger partial charge on any atom is 0.240 e. The van der Waals surface area contributed by atoms with Crippen molar-refractivity contribution in [3.05, 3.63) is 28.3 Å². The maximum atomic E-state index is 12.3. The van der Waals surface area contributed by atoms with Gasteiger partial charge in [-0.1, -0.05) is 11.6 Å². The largest absolute Gasteiger partial charge is 0.382 e. The first-order valence-electron chi connectivity index (χ1n) is 6.47. The highest BCUT2D eigenvalue weighted by Gasteiger charge is 2.19. The molecule has 0 saturated carbocycles. The fraction of sp³-hybridized carbons (Fsp3) is 0.538. The van der Waals surface area contributed by atoms with Crippen LogP contribution in [0.25, 0.3) is 0 Å². The summed E-state index contributed by atoms with van der Waals surface area (Å²) in [7, 11) is -2.07. The first kappa shape index (κ1) is 18.3. The molecule has 0 aliphatic heterocycles. The number of rotatable bonds is 9. The summed E-state index contributed by atoms with van der Waals surface area (Å²) in [4.78, 5) is 0.146. The first-order valence-corrected chi connectivity index (χ1v) is 8.34. The van der Waals surface area contributed by atoms with E-state index in [1.807, 2.05) is 0 Å². The normalized spacial score (nSPS) is 11.8. The molecule has 0 fully saturated rings. The zero-order chi connectivity index (χ0) is 15.9. The number of sulfonamides is 1. The molecule has 3 N–H and O–H groups in total. The second kappa shape index (κ2) is 8.67. The van der Waals surface area contributed by atoms with Gasteiger partial charge in [0.25, 0.3) is 0 Å². The quantitative estimate of drug-likeness (QED) is 0.658. The molecule has 0 bridgehead atoms. The molecule has 0 heterocycles. The monoisotopic (exact) mass is 336 g/mol. The van der Waals surface area contributed by atoms with Crippen LogP contribution in [0, 0.1) is 6.92 Å². The van der Waals surface area contributed by atoms with Crippen LogP contribution in [-0.4, -0.2) is 41.9 Å². The van der Waals surface area contributed by atoms with Crippen molar-refractivity contribution in [3.63, 3.8) is 0 Å². The molecule has 0 spiro atoms. The number of nitrogens with one attached hydrogen (secondary N) is 1. The minimum absolute atomic E-state index is 0.146. The molecule has 8 heteroatoms. The van der Waals surface area contributed by atoms with E-state index in [0.717, 1.165) is 0 Å². The number of hydrogen-bond acceptors (Lipinski definition) is 5. The van der Waals surface area contributed by atoms with Gasteiger partial charge in [-0.3, -0.25) is 0 Å². The van der Waals surface area contributed by atoms with Gasteiger partial charge < -0.3 is 15.2 Å². The minimum atomic E-state index is -3.64. The molecule has 1 aromatic carbocycles. The Morgan fingerprint density at radius 2 is 2.00 bits per heavy atom. The van der Waals surface area contributed by atoms with Crippen molar-refractivity contribution >= 4 is 21.6 Å². The lowest BCUT2D eigenvalue weighted by Gasteiger charge is -2.13. The number of nitrogens with two attached hydrogens (primary N) is 1. The van der Waals surface area contributed by atoms with E-state index >= 15 is 0 Å². The summed E-state index contributed by atoms with van der Waals surface area (Å²) < 4.78 is 37.1. The molecule has 0 saturated heterocycles. The molecular formula is C13H21ClN2O4S. The van der Waals surface area contributed by atoms with Crippen molar-refractivity contribution in [2.24, 2.45) is 5.73 Å². The summed E-state index contributed by atoms with van der Waals surface area (Å²) in [6.07, 6.45) is 0. The summed E-state index contributed by atoms with van der Waals surface area (Å²) in [5.74, 6) is 0. The lowest BCUT2D eigenvalue weighted by Crippen LogP contribution is -2.28. The smallest absolute Gasteiger partial charge is 0.240 e. The van der Waals surface area contributed by atoms with E-state index in [9.17, 15) is 8.42 Å². The summed E-state index contributed by atoms with van der Waals surface area (Å²) in [5.41, 5.74) is 6.91. The van der Waals surface area contributed by atoms with Gasteiger partial charge in [0.2, 0.25) is 10.0 Å². The molecule has 0 aliphatic carbocycles. The second-order valence-electron chi connectivity index (χ2n) is 4.40. The van der Waals surface area contributed by atoms with Gasteiger partial charge >= 0.3 is 0 Å². The van der Waals surface area contributed by atoms with E-state index in [4.69, 9.17) is 26.8 Å². The Bertz CT molecular complexity index is 564. The fourth-order valence-corrected chi connectivity index (χ4v) is 3.40. The zero-order valence-corrected chi connectivity index (χ0v) is 13.8. The third-order valence-corrected chi connectivity index (χ3v) is 4.72. The average molecular weight is 337 g/mol. The van der Waals surface area contributed by atoms with Crippen LogP contribution in [0.5, 0.6) is 0 Å². The fourth-order valence-electron chi connectivity index (χ4n) is 1.77. The highest BCUT2D eigenvalue weighted by Crippen LogP contribution is 2.24. The standard InChI is InChI=1S/C13H21ClN2O4S/c1-10-11(9-15)7-12(14)8-13(10)21(17,18)16-3-4-20-6-5-19-2/h7-8,16H,3-6,9,15H2,1-2H3. The topological polar surface area (TPSA) is 90.6 Å². The van der Waals surface area contributed by atoms with Gasteiger partial charge in [-0.15, -0.1) is 0 Å². The number of halogens is 1. The summed E-state index contributed by atoms with van der Waals surface area (Å²) in [5, 5.41) is 0.345. The van der Waals surface area contributed by atoms with Crippen molar-refractivity contribution in [3.8, 4) is 0 Å².